The van der Waals surface area contributed by atoms with Crippen LogP contribution in [0.5, 0.6) is 0 Å². The van der Waals surface area contributed by atoms with Crippen molar-refractivity contribution in [2.24, 2.45) is 5.92 Å². The van der Waals surface area contributed by atoms with E-state index in [1.807, 2.05) is 6.07 Å². The van der Waals surface area contributed by atoms with Crippen molar-refractivity contribution in [3.8, 4) is 11.8 Å². The van der Waals surface area contributed by atoms with E-state index in [1.165, 1.54) is 0 Å². The van der Waals surface area contributed by atoms with Crippen molar-refractivity contribution >= 4 is 51.1 Å². The van der Waals surface area contributed by atoms with Gasteiger partial charge in [0, 0.05) is 6.54 Å². The first kappa shape index (κ1) is 27.3. The maximum atomic E-state index is 13.4. The number of carbonyl (C=O) groups excluding carboxylic acids is 2. The Balaban J connectivity index is 1.84. The molecule has 0 aliphatic heterocycles. The maximum absolute atomic E-state index is 13.4. The highest BCUT2D eigenvalue weighted by molar-refractivity contribution is 8.45. The number of benzene rings is 1. The molecule has 37 heavy (non-hydrogen) atoms. The van der Waals surface area contributed by atoms with Crippen molar-refractivity contribution in [2.45, 2.75) is 36.0 Å². The predicted molar refractivity (Wildman–Crippen MR) is 127 cm³/mol. The number of aromatic nitrogens is 2. The molecule has 0 atom stereocenters. The molecule has 0 spiro atoms. The molecule has 0 radical (unpaired) electrons. The second kappa shape index (κ2) is 8.37. The summed E-state index contributed by atoms with van der Waals surface area (Å²) in [5.41, 5.74) is -2.06. The normalized spacial score (nSPS) is 18.2. The lowest BCUT2D eigenvalue weighted by molar-refractivity contribution is -0.143. The summed E-state index contributed by atoms with van der Waals surface area (Å²) in [7, 11) is -8.99. The van der Waals surface area contributed by atoms with Gasteiger partial charge < -0.3 is 15.4 Å². The standard InChI is InChI=1S/C21H20Cl2F5N5O3S/c1-36-20(35)21(4-5-21)17-15(8-29)32-33(19(17)31-10-16(34)30-9-11-2-3-11)18-13(22)6-12(7-14(18)23)37(24,25,26,27)28/h6-7,11,31H,2-5,9-10H2,1H3,(H,30,34). The number of ether oxygens (including phenoxy) is 1. The number of anilines is 1. The van der Waals surface area contributed by atoms with Crippen LogP contribution in [0.3, 0.4) is 0 Å². The van der Waals surface area contributed by atoms with E-state index in [-0.39, 0.29) is 48.6 Å². The van der Waals surface area contributed by atoms with Crippen molar-refractivity contribution in [3.05, 3.63) is 33.4 Å². The van der Waals surface area contributed by atoms with Gasteiger partial charge in [-0.1, -0.05) is 42.6 Å². The second-order valence-electron chi connectivity index (χ2n) is 8.98. The molecule has 0 unspecified atom stereocenters. The Morgan fingerprint density at radius 3 is 2.27 bits per heavy atom. The van der Waals surface area contributed by atoms with Crippen LogP contribution in [0.4, 0.5) is 25.2 Å². The number of amides is 1. The summed E-state index contributed by atoms with van der Waals surface area (Å²) in [6.45, 7) is 0.0853. The molecular formula is C21H20Cl2F5N5O3S. The number of esters is 1. The van der Waals surface area contributed by atoms with E-state index in [2.05, 4.69) is 15.7 Å². The number of nitrogens with one attached hydrogen (secondary N) is 2. The summed E-state index contributed by atoms with van der Waals surface area (Å²) in [5, 5.41) is 17.6. The molecule has 202 valence electrons. The van der Waals surface area contributed by atoms with Gasteiger partial charge in [0.2, 0.25) is 5.91 Å². The molecule has 0 saturated heterocycles. The van der Waals surface area contributed by atoms with Crippen LogP contribution in [-0.2, 0) is 19.7 Å². The zero-order valence-electron chi connectivity index (χ0n) is 19.1. The molecule has 2 fully saturated rings. The van der Waals surface area contributed by atoms with Crippen LogP contribution in [0, 0.1) is 17.2 Å². The van der Waals surface area contributed by atoms with Gasteiger partial charge in [0.05, 0.1) is 34.7 Å². The van der Waals surface area contributed by atoms with Crippen molar-refractivity contribution < 1.29 is 33.8 Å². The van der Waals surface area contributed by atoms with Gasteiger partial charge in [0.1, 0.15) is 22.5 Å². The lowest BCUT2D eigenvalue weighted by atomic mass is 9.95. The van der Waals surface area contributed by atoms with E-state index in [0.29, 0.717) is 12.5 Å². The Morgan fingerprint density at radius 1 is 1.22 bits per heavy atom. The molecule has 2 aromatic rings. The zero-order chi connectivity index (χ0) is 27.5. The first-order valence-corrected chi connectivity index (χ1v) is 13.6. The van der Waals surface area contributed by atoms with Crippen LogP contribution in [0.25, 0.3) is 5.69 Å². The summed E-state index contributed by atoms with van der Waals surface area (Å²) in [6, 6.07) is 1.84. The molecule has 1 amide bonds. The highest BCUT2D eigenvalue weighted by atomic mass is 35.5. The third kappa shape index (κ3) is 5.44. The zero-order valence-corrected chi connectivity index (χ0v) is 21.4. The average molecular weight is 588 g/mol. The van der Waals surface area contributed by atoms with Gasteiger partial charge in [-0.05, 0) is 43.7 Å². The largest absolute Gasteiger partial charge is 0.468 e. The van der Waals surface area contributed by atoms with Gasteiger partial charge in [-0.25, -0.2) is 4.68 Å². The van der Waals surface area contributed by atoms with Crippen LogP contribution in [0.2, 0.25) is 10.0 Å². The Labute approximate surface area is 217 Å². The summed E-state index contributed by atoms with van der Waals surface area (Å²) in [5.74, 6) is -0.890. The molecule has 2 N–H and O–H groups in total. The third-order valence-electron chi connectivity index (χ3n) is 6.14. The minimum Gasteiger partial charge on any atom is -0.468 e. The SMILES string of the molecule is COC(=O)C1(c2c(C#N)nn(-c3c(Cl)cc(S(F)(F)(F)(F)F)cc3Cl)c2NCC(=O)NCC2CC2)CC1. The number of nitriles is 1. The minimum absolute atomic E-state index is 0.0110. The second-order valence-corrected chi connectivity index (χ2v) is 12.2. The van der Waals surface area contributed by atoms with Crippen molar-refractivity contribution in [1.29, 1.82) is 5.26 Å². The number of halogens is 7. The number of rotatable bonds is 9. The fourth-order valence-corrected chi connectivity index (χ4v) is 5.38. The van der Waals surface area contributed by atoms with Gasteiger partial charge in [0.15, 0.2) is 5.69 Å². The first-order chi connectivity index (χ1) is 17.0. The maximum Gasteiger partial charge on any atom is 0.316 e. The first-order valence-electron chi connectivity index (χ1n) is 10.9. The van der Waals surface area contributed by atoms with Crippen molar-refractivity contribution in [2.75, 3.05) is 25.5 Å². The predicted octanol–water partition coefficient (Wildman–Crippen LogP) is 5.85. The summed E-state index contributed by atoms with van der Waals surface area (Å²) in [6.07, 6.45) is 2.49. The smallest absolute Gasteiger partial charge is 0.316 e. The van der Waals surface area contributed by atoms with E-state index >= 15 is 0 Å². The fraction of sp³-hybridized carbons (Fsp3) is 0.429. The van der Waals surface area contributed by atoms with E-state index in [1.54, 1.807) is 0 Å². The number of hydrogen-bond donors (Lipinski definition) is 2. The Kier molecular flexibility index (Phi) is 6.17. The van der Waals surface area contributed by atoms with Gasteiger partial charge in [-0.2, -0.15) is 10.4 Å². The van der Waals surface area contributed by atoms with Crippen molar-refractivity contribution in [1.82, 2.24) is 15.1 Å². The van der Waals surface area contributed by atoms with Crippen LogP contribution in [0.1, 0.15) is 36.9 Å². The molecule has 2 aliphatic carbocycles. The van der Waals surface area contributed by atoms with E-state index in [4.69, 9.17) is 27.9 Å². The molecule has 1 aromatic heterocycles. The van der Waals surface area contributed by atoms with Gasteiger partial charge >= 0.3 is 16.2 Å². The van der Waals surface area contributed by atoms with E-state index in [9.17, 15) is 34.3 Å². The lowest BCUT2D eigenvalue weighted by Gasteiger charge is -2.40. The van der Waals surface area contributed by atoms with Gasteiger partial charge in [-0.3, -0.25) is 9.59 Å². The molecule has 4 rings (SSSR count). The third-order valence-corrected chi connectivity index (χ3v) is 7.85. The highest BCUT2D eigenvalue weighted by Crippen LogP contribution is 3.02. The molecule has 2 saturated carbocycles. The van der Waals surface area contributed by atoms with Crippen LogP contribution in [0.15, 0.2) is 17.0 Å². The molecule has 0 bridgehead atoms. The Hall–Kier alpha value is -2.76. The highest BCUT2D eigenvalue weighted by Gasteiger charge is 2.66. The molecule has 1 aromatic carbocycles. The number of hydrogen-bond acceptors (Lipinski definition) is 6. The number of carbonyl (C=O) groups is 2. The van der Waals surface area contributed by atoms with Crippen LogP contribution in [-0.4, -0.2) is 41.9 Å². The summed E-state index contributed by atoms with van der Waals surface area (Å²) >= 11 is 12.0. The lowest BCUT2D eigenvalue weighted by Crippen LogP contribution is -2.32. The minimum atomic E-state index is -10.1. The molecule has 1 heterocycles. The topological polar surface area (TPSA) is 109 Å². The van der Waals surface area contributed by atoms with Gasteiger partial charge in [-0.15, -0.1) is 0 Å². The summed E-state index contributed by atoms with van der Waals surface area (Å²) in [4.78, 5) is 22.7. The molecular weight excluding hydrogens is 568 g/mol. The monoisotopic (exact) mass is 587 g/mol. The number of methoxy groups -OCH3 is 1. The quantitative estimate of drug-likeness (QED) is 0.281. The Bertz CT molecular complexity index is 1330. The molecule has 2 aliphatic rings. The van der Waals surface area contributed by atoms with E-state index in [0.717, 1.165) is 24.6 Å². The fourth-order valence-electron chi connectivity index (χ4n) is 3.93. The van der Waals surface area contributed by atoms with Gasteiger partial charge in [0.25, 0.3) is 0 Å². The van der Waals surface area contributed by atoms with Crippen molar-refractivity contribution in [3.63, 3.8) is 0 Å². The molecule has 16 heteroatoms. The van der Waals surface area contributed by atoms with Crippen LogP contribution >= 0.6 is 33.4 Å². The van der Waals surface area contributed by atoms with Crippen LogP contribution < -0.4 is 10.6 Å². The average Bonchev–Trinajstić information content (AvgIpc) is 3.72. The Morgan fingerprint density at radius 2 is 1.81 bits per heavy atom. The molecule has 8 nitrogen and oxygen atoms in total. The number of nitrogens with zero attached hydrogens (tertiary/aromatic N) is 3. The summed E-state index contributed by atoms with van der Waals surface area (Å²) < 4.78 is 72.7. The van der Waals surface area contributed by atoms with E-state index < -0.39 is 48.1 Å².